The summed E-state index contributed by atoms with van der Waals surface area (Å²) in [5.74, 6) is -0.224. The number of carbonyl (C=O) groups is 2. The number of hydrogen-bond acceptors (Lipinski definition) is 4. The average Bonchev–Trinajstić information content (AvgIpc) is 3.20. The molecule has 2 aliphatic rings. The Morgan fingerprint density at radius 1 is 1.13 bits per heavy atom. The minimum absolute atomic E-state index is 0.0477. The molecular formula is C23H28FN5O2. The molecule has 3 heterocycles. The standard InChI is InChI=1S/C23H28FN5O2/c1-17(18-5-7-19(24)8-6-18)14-22(30)28-12-10-27(11-13-28)21-4-3-9-29(23(21)31)20-15-25-26(2)16-20/h5-8,14-16,21H,3-4,9-13H2,1-2H3/b17-14+. The quantitative estimate of drug-likeness (QED) is 0.706. The summed E-state index contributed by atoms with van der Waals surface area (Å²) in [5.41, 5.74) is 2.48. The lowest BCUT2D eigenvalue weighted by atomic mass is 10.0. The summed E-state index contributed by atoms with van der Waals surface area (Å²) in [5, 5.41) is 4.18. The molecule has 0 aliphatic carbocycles. The number of aryl methyl sites for hydroxylation is 1. The SMILES string of the molecule is C/C(=C\C(=O)N1CCN(C2CCCN(c3cnn(C)c3)C2=O)CC1)c1ccc(F)cc1. The van der Waals surface area contributed by atoms with Crippen molar-refractivity contribution in [2.75, 3.05) is 37.6 Å². The second-order valence-corrected chi connectivity index (χ2v) is 8.22. The van der Waals surface area contributed by atoms with E-state index < -0.39 is 0 Å². The maximum absolute atomic E-state index is 13.1. The van der Waals surface area contributed by atoms with Gasteiger partial charge in [0, 0.05) is 52.0 Å². The van der Waals surface area contributed by atoms with Crippen LogP contribution in [0, 0.1) is 5.82 Å². The van der Waals surface area contributed by atoms with Crippen LogP contribution in [0.25, 0.3) is 5.57 Å². The monoisotopic (exact) mass is 425 g/mol. The molecule has 0 saturated carbocycles. The predicted molar refractivity (Wildman–Crippen MR) is 117 cm³/mol. The van der Waals surface area contributed by atoms with Crippen LogP contribution in [0.2, 0.25) is 0 Å². The van der Waals surface area contributed by atoms with Gasteiger partial charge in [-0.2, -0.15) is 5.10 Å². The number of anilines is 1. The summed E-state index contributed by atoms with van der Waals surface area (Å²) in [6.45, 7) is 5.09. The number of carbonyl (C=O) groups excluding carboxylic acids is 2. The van der Waals surface area contributed by atoms with Crippen molar-refractivity contribution in [1.29, 1.82) is 0 Å². The second-order valence-electron chi connectivity index (χ2n) is 8.22. The van der Waals surface area contributed by atoms with Crippen molar-refractivity contribution in [3.8, 4) is 0 Å². The number of piperidine rings is 1. The fraction of sp³-hybridized carbons (Fsp3) is 0.435. The molecule has 0 spiro atoms. The molecule has 164 valence electrons. The molecule has 31 heavy (non-hydrogen) atoms. The van der Waals surface area contributed by atoms with Crippen molar-refractivity contribution in [3.05, 3.63) is 54.1 Å². The van der Waals surface area contributed by atoms with Crippen LogP contribution in [0.3, 0.4) is 0 Å². The molecule has 4 rings (SSSR count). The maximum Gasteiger partial charge on any atom is 0.246 e. The lowest BCUT2D eigenvalue weighted by Crippen LogP contribution is -2.58. The molecule has 2 aromatic rings. The van der Waals surface area contributed by atoms with Gasteiger partial charge in [0.15, 0.2) is 0 Å². The first-order valence-electron chi connectivity index (χ1n) is 10.7. The van der Waals surface area contributed by atoms with Crippen molar-refractivity contribution in [2.45, 2.75) is 25.8 Å². The van der Waals surface area contributed by atoms with E-state index in [0.717, 1.165) is 29.7 Å². The molecule has 0 N–H and O–H groups in total. The number of aromatic nitrogens is 2. The first-order valence-corrected chi connectivity index (χ1v) is 10.7. The third kappa shape index (κ3) is 4.69. The Kier molecular flexibility index (Phi) is 6.18. The summed E-state index contributed by atoms with van der Waals surface area (Å²) < 4.78 is 14.8. The lowest BCUT2D eigenvalue weighted by molar-refractivity contribution is -0.130. The third-order valence-corrected chi connectivity index (χ3v) is 6.12. The zero-order valence-electron chi connectivity index (χ0n) is 18.0. The Hall–Kier alpha value is -3.00. The van der Waals surface area contributed by atoms with E-state index in [-0.39, 0.29) is 23.7 Å². The molecule has 1 aromatic heterocycles. The molecule has 8 heteroatoms. The number of piperazine rings is 1. The summed E-state index contributed by atoms with van der Waals surface area (Å²) in [4.78, 5) is 31.7. The molecular weight excluding hydrogens is 397 g/mol. The molecule has 1 atom stereocenters. The lowest BCUT2D eigenvalue weighted by Gasteiger charge is -2.42. The zero-order valence-corrected chi connectivity index (χ0v) is 18.0. The summed E-state index contributed by atoms with van der Waals surface area (Å²) >= 11 is 0. The summed E-state index contributed by atoms with van der Waals surface area (Å²) in [6.07, 6.45) is 7.00. The summed E-state index contributed by atoms with van der Waals surface area (Å²) in [7, 11) is 1.85. The van der Waals surface area contributed by atoms with E-state index in [1.54, 1.807) is 29.1 Å². The largest absolute Gasteiger partial charge is 0.337 e. The van der Waals surface area contributed by atoms with Crippen molar-refractivity contribution in [2.24, 2.45) is 7.05 Å². The molecule has 2 amide bonds. The van der Waals surface area contributed by atoms with Gasteiger partial charge in [0.05, 0.1) is 17.9 Å². The molecule has 1 unspecified atom stereocenters. The van der Waals surface area contributed by atoms with Gasteiger partial charge >= 0.3 is 0 Å². The van der Waals surface area contributed by atoms with Crippen molar-refractivity contribution < 1.29 is 14.0 Å². The van der Waals surface area contributed by atoms with Crippen molar-refractivity contribution in [3.63, 3.8) is 0 Å². The van der Waals surface area contributed by atoms with Gasteiger partial charge < -0.3 is 9.80 Å². The number of allylic oxidation sites excluding steroid dienone is 1. The highest BCUT2D eigenvalue weighted by atomic mass is 19.1. The van der Waals surface area contributed by atoms with Crippen LogP contribution in [-0.2, 0) is 16.6 Å². The molecule has 7 nitrogen and oxygen atoms in total. The van der Waals surface area contributed by atoms with Gasteiger partial charge in [0.2, 0.25) is 11.8 Å². The van der Waals surface area contributed by atoms with Crippen molar-refractivity contribution in [1.82, 2.24) is 19.6 Å². The maximum atomic E-state index is 13.1. The Bertz CT molecular complexity index is 976. The van der Waals surface area contributed by atoms with Crippen LogP contribution in [0.1, 0.15) is 25.3 Å². The van der Waals surface area contributed by atoms with Crippen LogP contribution in [0.15, 0.2) is 42.7 Å². The Morgan fingerprint density at radius 3 is 2.48 bits per heavy atom. The van der Waals surface area contributed by atoms with E-state index in [4.69, 9.17) is 0 Å². The third-order valence-electron chi connectivity index (χ3n) is 6.12. The predicted octanol–water partition coefficient (Wildman–Crippen LogP) is 2.30. The Labute approximate surface area is 181 Å². The fourth-order valence-electron chi connectivity index (χ4n) is 4.33. The Balaban J connectivity index is 1.35. The van der Waals surface area contributed by atoms with Crippen LogP contribution >= 0.6 is 0 Å². The highest BCUT2D eigenvalue weighted by molar-refractivity contribution is 5.98. The molecule has 2 aliphatic heterocycles. The van der Waals surface area contributed by atoms with Gasteiger partial charge in [-0.25, -0.2) is 4.39 Å². The highest BCUT2D eigenvalue weighted by Gasteiger charge is 2.36. The van der Waals surface area contributed by atoms with E-state index in [9.17, 15) is 14.0 Å². The first kappa shape index (κ1) is 21.2. The number of hydrogen-bond donors (Lipinski definition) is 0. The van der Waals surface area contributed by atoms with E-state index in [0.29, 0.717) is 32.7 Å². The number of halogens is 1. The van der Waals surface area contributed by atoms with Crippen LogP contribution in [0.5, 0.6) is 0 Å². The minimum atomic E-state index is -0.293. The molecule has 2 fully saturated rings. The fourth-order valence-corrected chi connectivity index (χ4v) is 4.33. The van der Waals surface area contributed by atoms with E-state index >= 15 is 0 Å². The van der Waals surface area contributed by atoms with Crippen LogP contribution < -0.4 is 4.90 Å². The van der Waals surface area contributed by atoms with Crippen molar-refractivity contribution >= 4 is 23.1 Å². The first-order chi connectivity index (χ1) is 14.9. The normalized spacial score (nSPS) is 20.9. The van der Waals surface area contributed by atoms with Gasteiger partial charge in [-0.1, -0.05) is 12.1 Å². The molecule has 0 radical (unpaired) electrons. The van der Waals surface area contributed by atoms with Gasteiger partial charge in [-0.05, 0) is 43.0 Å². The van der Waals surface area contributed by atoms with E-state index in [1.165, 1.54) is 12.1 Å². The van der Waals surface area contributed by atoms with E-state index in [2.05, 4.69) is 10.00 Å². The smallest absolute Gasteiger partial charge is 0.246 e. The summed E-state index contributed by atoms with van der Waals surface area (Å²) in [6, 6.07) is 5.99. The number of rotatable bonds is 4. The molecule has 2 saturated heterocycles. The average molecular weight is 426 g/mol. The zero-order chi connectivity index (χ0) is 22.0. The number of amides is 2. The van der Waals surface area contributed by atoms with Crippen LogP contribution in [-0.4, -0.2) is 70.2 Å². The second kappa shape index (κ2) is 9.01. The number of benzene rings is 1. The van der Waals surface area contributed by atoms with Crippen LogP contribution in [0.4, 0.5) is 10.1 Å². The number of nitrogens with zero attached hydrogens (tertiary/aromatic N) is 5. The van der Waals surface area contributed by atoms with Gasteiger partial charge in [-0.15, -0.1) is 0 Å². The topological polar surface area (TPSA) is 61.7 Å². The van der Waals surface area contributed by atoms with E-state index in [1.807, 2.05) is 30.0 Å². The van der Waals surface area contributed by atoms with Gasteiger partial charge in [-0.3, -0.25) is 19.2 Å². The van der Waals surface area contributed by atoms with Gasteiger partial charge in [0.1, 0.15) is 5.82 Å². The Morgan fingerprint density at radius 2 is 1.84 bits per heavy atom. The van der Waals surface area contributed by atoms with Gasteiger partial charge in [0.25, 0.3) is 0 Å². The minimum Gasteiger partial charge on any atom is -0.337 e. The highest BCUT2D eigenvalue weighted by Crippen LogP contribution is 2.24. The molecule has 1 aromatic carbocycles. The molecule has 0 bridgehead atoms.